The Kier molecular flexibility index (Phi) is 8.26. The van der Waals surface area contributed by atoms with Gasteiger partial charge in [-0.25, -0.2) is 0 Å². The van der Waals surface area contributed by atoms with Crippen LogP contribution < -0.4 is 10.1 Å². The Hall–Kier alpha value is -1.06. The Morgan fingerprint density at radius 3 is 2.53 bits per heavy atom. The summed E-state index contributed by atoms with van der Waals surface area (Å²) in [4.78, 5) is 0. The molecule has 0 heterocycles. The maximum Gasteiger partial charge on any atom is 0.119 e. The molecule has 3 heteroatoms. The number of benzene rings is 1. The number of aliphatic hydroxyl groups is 1. The highest BCUT2D eigenvalue weighted by atomic mass is 16.5. The van der Waals surface area contributed by atoms with Crippen LogP contribution in [0.1, 0.15) is 51.1 Å². The molecule has 0 saturated carbocycles. The Balaban J connectivity index is 2.29. The molecule has 0 saturated heterocycles. The second kappa shape index (κ2) is 9.82. The van der Waals surface area contributed by atoms with Crippen molar-refractivity contribution < 1.29 is 9.84 Å². The first-order valence-corrected chi connectivity index (χ1v) is 7.35. The van der Waals surface area contributed by atoms with Crippen molar-refractivity contribution in [3.8, 4) is 5.75 Å². The fourth-order valence-electron chi connectivity index (χ4n) is 1.92. The van der Waals surface area contributed by atoms with Crippen molar-refractivity contribution in [1.82, 2.24) is 5.32 Å². The zero-order valence-electron chi connectivity index (χ0n) is 12.2. The molecule has 0 aliphatic heterocycles. The number of nitrogens with one attached hydrogen (secondary N) is 1. The summed E-state index contributed by atoms with van der Waals surface area (Å²) < 4.78 is 5.57. The Morgan fingerprint density at radius 2 is 1.89 bits per heavy atom. The molecule has 19 heavy (non-hydrogen) atoms. The molecule has 0 spiro atoms. The van der Waals surface area contributed by atoms with E-state index in [1.807, 2.05) is 12.1 Å². The van der Waals surface area contributed by atoms with E-state index in [0.29, 0.717) is 12.6 Å². The molecule has 0 radical (unpaired) electrons. The van der Waals surface area contributed by atoms with Crippen LogP contribution in [-0.4, -0.2) is 24.9 Å². The van der Waals surface area contributed by atoms with Crippen LogP contribution in [0.4, 0.5) is 0 Å². The van der Waals surface area contributed by atoms with Gasteiger partial charge < -0.3 is 15.2 Å². The average molecular weight is 265 g/mol. The maximum atomic E-state index is 8.71. The van der Waals surface area contributed by atoms with Crippen LogP contribution in [0, 0.1) is 0 Å². The first-order valence-electron chi connectivity index (χ1n) is 7.35. The van der Waals surface area contributed by atoms with E-state index in [0.717, 1.165) is 44.6 Å². The number of ether oxygens (including phenoxy) is 1. The van der Waals surface area contributed by atoms with Crippen molar-refractivity contribution >= 4 is 0 Å². The molecular formula is C16H27NO2. The number of hydrogen-bond donors (Lipinski definition) is 2. The van der Waals surface area contributed by atoms with Gasteiger partial charge in [0.05, 0.1) is 6.61 Å². The van der Waals surface area contributed by atoms with Gasteiger partial charge in [-0.05, 0) is 56.8 Å². The van der Waals surface area contributed by atoms with Crippen molar-refractivity contribution in [1.29, 1.82) is 0 Å². The van der Waals surface area contributed by atoms with E-state index in [1.54, 1.807) is 0 Å². The van der Waals surface area contributed by atoms with Crippen molar-refractivity contribution in [2.75, 3.05) is 19.8 Å². The van der Waals surface area contributed by atoms with Gasteiger partial charge in [-0.1, -0.05) is 19.1 Å². The summed E-state index contributed by atoms with van der Waals surface area (Å²) in [7, 11) is 0. The molecular weight excluding hydrogens is 238 g/mol. The standard InChI is InChI=1S/C16H27NO2/c1-3-13-19-16-9-7-15(8-10-16)14(2)17-11-5-4-6-12-18/h7-10,14,17-18H,3-6,11-13H2,1-2H3. The SMILES string of the molecule is CCCOc1ccc(C(C)NCCCCCO)cc1. The minimum Gasteiger partial charge on any atom is -0.494 e. The lowest BCUT2D eigenvalue weighted by Gasteiger charge is -2.15. The molecule has 3 nitrogen and oxygen atoms in total. The summed E-state index contributed by atoms with van der Waals surface area (Å²) in [6.07, 6.45) is 4.13. The van der Waals surface area contributed by atoms with Crippen molar-refractivity contribution in [3.63, 3.8) is 0 Å². The molecule has 1 aromatic rings. The lowest BCUT2D eigenvalue weighted by molar-refractivity contribution is 0.282. The van der Waals surface area contributed by atoms with Crippen molar-refractivity contribution in [3.05, 3.63) is 29.8 Å². The lowest BCUT2D eigenvalue weighted by atomic mass is 10.1. The normalized spacial score (nSPS) is 12.4. The predicted molar refractivity (Wildman–Crippen MR) is 79.6 cm³/mol. The minimum absolute atomic E-state index is 0.300. The second-order valence-electron chi connectivity index (χ2n) is 4.88. The van der Waals surface area contributed by atoms with Crippen LogP contribution in [0.3, 0.4) is 0 Å². The molecule has 0 aliphatic rings. The molecule has 0 fully saturated rings. The maximum absolute atomic E-state index is 8.71. The van der Waals surface area contributed by atoms with Crippen LogP contribution in [0.2, 0.25) is 0 Å². The molecule has 1 atom stereocenters. The highest BCUT2D eigenvalue weighted by Crippen LogP contribution is 2.17. The summed E-state index contributed by atoms with van der Waals surface area (Å²) in [5.41, 5.74) is 1.28. The van der Waals surface area contributed by atoms with Gasteiger partial charge in [0.25, 0.3) is 0 Å². The van der Waals surface area contributed by atoms with Gasteiger partial charge in [0.15, 0.2) is 0 Å². The molecule has 0 aliphatic carbocycles. The number of unbranched alkanes of at least 4 members (excludes halogenated alkanes) is 2. The van der Waals surface area contributed by atoms with Crippen LogP contribution in [0.15, 0.2) is 24.3 Å². The van der Waals surface area contributed by atoms with Crippen LogP contribution in [0.5, 0.6) is 5.75 Å². The third kappa shape index (κ3) is 6.60. The number of hydrogen-bond acceptors (Lipinski definition) is 3. The first kappa shape index (κ1) is 16.0. The molecule has 0 bridgehead atoms. The van der Waals surface area contributed by atoms with E-state index in [4.69, 9.17) is 9.84 Å². The van der Waals surface area contributed by atoms with Crippen molar-refractivity contribution in [2.24, 2.45) is 0 Å². The summed E-state index contributed by atoms with van der Waals surface area (Å²) in [5, 5.41) is 12.2. The molecule has 108 valence electrons. The van der Waals surface area contributed by atoms with Gasteiger partial charge in [0, 0.05) is 12.6 Å². The highest BCUT2D eigenvalue weighted by molar-refractivity contribution is 5.28. The third-order valence-corrected chi connectivity index (χ3v) is 3.14. The first-order chi connectivity index (χ1) is 9.27. The van der Waals surface area contributed by atoms with E-state index in [2.05, 4.69) is 31.3 Å². The monoisotopic (exact) mass is 265 g/mol. The summed E-state index contributed by atoms with van der Waals surface area (Å²) in [6, 6.07) is 8.67. The minimum atomic E-state index is 0.300. The van der Waals surface area contributed by atoms with E-state index < -0.39 is 0 Å². The lowest BCUT2D eigenvalue weighted by Crippen LogP contribution is -2.19. The molecule has 2 N–H and O–H groups in total. The second-order valence-corrected chi connectivity index (χ2v) is 4.88. The van der Waals surface area contributed by atoms with E-state index >= 15 is 0 Å². The molecule has 1 rings (SSSR count). The molecule has 0 aromatic heterocycles. The third-order valence-electron chi connectivity index (χ3n) is 3.14. The van der Waals surface area contributed by atoms with E-state index in [1.165, 1.54) is 5.56 Å². The molecule has 1 unspecified atom stereocenters. The van der Waals surface area contributed by atoms with Crippen LogP contribution in [0.25, 0.3) is 0 Å². The zero-order valence-corrected chi connectivity index (χ0v) is 12.2. The van der Waals surface area contributed by atoms with Crippen LogP contribution in [-0.2, 0) is 0 Å². The van der Waals surface area contributed by atoms with Crippen molar-refractivity contribution in [2.45, 2.75) is 45.6 Å². The van der Waals surface area contributed by atoms with Gasteiger partial charge in [-0.15, -0.1) is 0 Å². The smallest absolute Gasteiger partial charge is 0.119 e. The van der Waals surface area contributed by atoms with Gasteiger partial charge in [0.1, 0.15) is 5.75 Å². The zero-order chi connectivity index (χ0) is 13.9. The largest absolute Gasteiger partial charge is 0.494 e. The van der Waals surface area contributed by atoms with E-state index in [9.17, 15) is 0 Å². The average Bonchev–Trinajstić information content (AvgIpc) is 2.45. The topological polar surface area (TPSA) is 41.5 Å². The van der Waals surface area contributed by atoms with Crippen LogP contribution >= 0.6 is 0 Å². The van der Waals surface area contributed by atoms with Gasteiger partial charge in [0.2, 0.25) is 0 Å². The summed E-state index contributed by atoms with van der Waals surface area (Å²) in [6.45, 7) is 6.35. The fourth-order valence-corrected chi connectivity index (χ4v) is 1.92. The summed E-state index contributed by atoms with van der Waals surface area (Å²) in [5.74, 6) is 0.945. The fraction of sp³-hybridized carbons (Fsp3) is 0.625. The molecule has 1 aromatic carbocycles. The Labute approximate surface area is 117 Å². The Bertz CT molecular complexity index is 324. The van der Waals surface area contributed by atoms with Gasteiger partial charge in [-0.3, -0.25) is 0 Å². The highest BCUT2D eigenvalue weighted by Gasteiger charge is 2.04. The number of aliphatic hydroxyl groups excluding tert-OH is 1. The Morgan fingerprint density at radius 1 is 1.16 bits per heavy atom. The number of rotatable bonds is 10. The van der Waals surface area contributed by atoms with E-state index in [-0.39, 0.29) is 0 Å². The van der Waals surface area contributed by atoms with Gasteiger partial charge in [-0.2, -0.15) is 0 Å². The predicted octanol–water partition coefficient (Wildman–Crippen LogP) is 3.29. The quantitative estimate of drug-likeness (QED) is 0.638. The molecule has 0 amide bonds. The summed E-state index contributed by atoms with van der Waals surface area (Å²) >= 11 is 0. The van der Waals surface area contributed by atoms with Gasteiger partial charge >= 0.3 is 0 Å².